The maximum absolute atomic E-state index is 6.12. The molecular formula is C14H10Cl2N4. The minimum atomic E-state index is 0.357. The molecule has 100 valence electrons. The van der Waals surface area contributed by atoms with E-state index in [4.69, 9.17) is 23.2 Å². The number of hydrogen-bond acceptors (Lipinski definition) is 3. The van der Waals surface area contributed by atoms with Gasteiger partial charge < -0.3 is 0 Å². The molecule has 0 saturated carbocycles. The monoisotopic (exact) mass is 304 g/mol. The maximum Gasteiger partial charge on any atom is 0.155 e. The van der Waals surface area contributed by atoms with Crippen LogP contribution in [-0.4, -0.2) is 19.7 Å². The molecule has 0 unspecified atom stereocenters. The Morgan fingerprint density at radius 2 is 1.75 bits per heavy atom. The molecule has 0 amide bonds. The van der Waals surface area contributed by atoms with Gasteiger partial charge in [-0.25, -0.2) is 9.97 Å². The Morgan fingerprint density at radius 1 is 1.00 bits per heavy atom. The topological polar surface area (TPSA) is 43.6 Å². The second kappa shape index (κ2) is 5.23. The molecule has 0 N–H and O–H groups in total. The van der Waals surface area contributed by atoms with Crippen molar-refractivity contribution in [2.75, 3.05) is 0 Å². The molecule has 0 bridgehead atoms. The van der Waals surface area contributed by atoms with Gasteiger partial charge in [0, 0.05) is 29.4 Å². The van der Waals surface area contributed by atoms with Crippen LogP contribution in [0, 0.1) is 0 Å². The first-order valence-corrected chi connectivity index (χ1v) is 6.66. The van der Waals surface area contributed by atoms with Crippen molar-refractivity contribution in [2.24, 2.45) is 7.05 Å². The summed E-state index contributed by atoms with van der Waals surface area (Å²) in [6.45, 7) is 0. The third kappa shape index (κ3) is 2.53. The predicted molar refractivity (Wildman–Crippen MR) is 79.7 cm³/mol. The minimum absolute atomic E-state index is 0.357. The standard InChI is InChI=1S/C14H10Cl2N4/c1-20-8-10(6-18-20)13-14(16)17-7-12(19-13)9-2-4-11(15)5-3-9/h2-8H,1H3. The van der Waals surface area contributed by atoms with E-state index in [1.54, 1.807) is 17.1 Å². The van der Waals surface area contributed by atoms with Crippen molar-refractivity contribution in [3.8, 4) is 22.5 Å². The molecule has 0 fully saturated rings. The zero-order valence-corrected chi connectivity index (χ0v) is 12.1. The van der Waals surface area contributed by atoms with E-state index >= 15 is 0 Å². The van der Waals surface area contributed by atoms with Crippen LogP contribution in [0.4, 0.5) is 0 Å². The lowest BCUT2D eigenvalue weighted by atomic mass is 10.1. The molecule has 0 saturated heterocycles. The summed E-state index contributed by atoms with van der Waals surface area (Å²) in [5.74, 6) is 0. The third-order valence-corrected chi connectivity index (χ3v) is 3.37. The Bertz CT molecular complexity index is 750. The molecule has 0 aliphatic rings. The van der Waals surface area contributed by atoms with Gasteiger partial charge in [-0.1, -0.05) is 35.3 Å². The lowest BCUT2D eigenvalue weighted by molar-refractivity contribution is 0.768. The van der Waals surface area contributed by atoms with E-state index in [-0.39, 0.29) is 0 Å². The summed E-state index contributed by atoms with van der Waals surface area (Å²) < 4.78 is 1.70. The van der Waals surface area contributed by atoms with Crippen LogP contribution < -0.4 is 0 Å². The van der Waals surface area contributed by atoms with E-state index < -0.39 is 0 Å². The highest BCUT2D eigenvalue weighted by atomic mass is 35.5. The zero-order valence-electron chi connectivity index (χ0n) is 10.6. The summed E-state index contributed by atoms with van der Waals surface area (Å²) in [6.07, 6.45) is 5.20. The van der Waals surface area contributed by atoms with Gasteiger partial charge in [-0.2, -0.15) is 5.10 Å². The van der Waals surface area contributed by atoms with Crippen molar-refractivity contribution in [3.05, 3.63) is 53.0 Å². The Balaban J connectivity index is 2.08. The van der Waals surface area contributed by atoms with Crippen LogP contribution in [0.3, 0.4) is 0 Å². The molecule has 6 heteroatoms. The molecule has 1 aromatic carbocycles. The van der Waals surface area contributed by atoms with Crippen molar-refractivity contribution >= 4 is 23.2 Å². The first kappa shape index (κ1) is 13.1. The van der Waals surface area contributed by atoms with Gasteiger partial charge in [0.15, 0.2) is 5.15 Å². The quantitative estimate of drug-likeness (QED) is 0.722. The predicted octanol–water partition coefficient (Wildman–Crippen LogP) is 3.85. The van der Waals surface area contributed by atoms with Crippen LogP contribution in [0.25, 0.3) is 22.5 Å². The number of benzene rings is 1. The first-order chi connectivity index (χ1) is 9.63. The van der Waals surface area contributed by atoms with Crippen molar-refractivity contribution in [1.29, 1.82) is 0 Å². The van der Waals surface area contributed by atoms with Gasteiger partial charge in [-0.3, -0.25) is 4.68 Å². The van der Waals surface area contributed by atoms with Gasteiger partial charge in [-0.05, 0) is 12.1 Å². The Hall–Kier alpha value is -1.91. The Morgan fingerprint density at radius 3 is 2.40 bits per heavy atom. The lowest BCUT2D eigenvalue weighted by Gasteiger charge is -2.05. The van der Waals surface area contributed by atoms with Crippen molar-refractivity contribution in [1.82, 2.24) is 19.7 Å². The molecule has 0 atom stereocenters. The van der Waals surface area contributed by atoms with Crippen LogP contribution in [0.2, 0.25) is 10.2 Å². The molecule has 4 nitrogen and oxygen atoms in total. The summed E-state index contributed by atoms with van der Waals surface area (Å²) in [4.78, 5) is 8.76. The largest absolute Gasteiger partial charge is 0.275 e. The van der Waals surface area contributed by atoms with Gasteiger partial charge in [0.2, 0.25) is 0 Å². The minimum Gasteiger partial charge on any atom is -0.275 e. The fraction of sp³-hybridized carbons (Fsp3) is 0.0714. The van der Waals surface area contributed by atoms with Crippen molar-refractivity contribution in [2.45, 2.75) is 0 Å². The average molecular weight is 305 g/mol. The summed E-state index contributed by atoms with van der Waals surface area (Å²) in [6, 6.07) is 7.42. The van der Waals surface area contributed by atoms with Crippen LogP contribution in [0.5, 0.6) is 0 Å². The van der Waals surface area contributed by atoms with Crippen LogP contribution in [-0.2, 0) is 7.05 Å². The number of nitrogens with zero attached hydrogens (tertiary/aromatic N) is 4. The van der Waals surface area contributed by atoms with E-state index in [0.717, 1.165) is 16.8 Å². The smallest absolute Gasteiger partial charge is 0.155 e. The van der Waals surface area contributed by atoms with Crippen LogP contribution in [0.1, 0.15) is 0 Å². The summed E-state index contributed by atoms with van der Waals surface area (Å²) in [7, 11) is 1.84. The molecule has 0 radical (unpaired) electrons. The van der Waals surface area contributed by atoms with Crippen molar-refractivity contribution < 1.29 is 0 Å². The third-order valence-electron chi connectivity index (χ3n) is 2.85. The number of aryl methyl sites for hydroxylation is 1. The molecule has 2 aromatic heterocycles. The van der Waals surface area contributed by atoms with Crippen molar-refractivity contribution in [3.63, 3.8) is 0 Å². The van der Waals surface area contributed by atoms with E-state index in [1.165, 1.54) is 0 Å². The molecule has 2 heterocycles. The van der Waals surface area contributed by atoms with E-state index in [2.05, 4.69) is 15.1 Å². The summed E-state index contributed by atoms with van der Waals surface area (Å²) >= 11 is 12.0. The highest BCUT2D eigenvalue weighted by molar-refractivity contribution is 6.31. The van der Waals surface area contributed by atoms with Crippen LogP contribution >= 0.6 is 23.2 Å². The average Bonchev–Trinajstić information content (AvgIpc) is 2.87. The maximum atomic E-state index is 6.12. The number of aromatic nitrogens is 4. The molecule has 3 aromatic rings. The fourth-order valence-electron chi connectivity index (χ4n) is 1.86. The number of rotatable bonds is 2. The summed E-state index contributed by atoms with van der Waals surface area (Å²) in [5.41, 5.74) is 3.13. The van der Waals surface area contributed by atoms with Gasteiger partial charge in [0.1, 0.15) is 5.69 Å². The second-order valence-corrected chi connectivity index (χ2v) is 5.10. The van der Waals surface area contributed by atoms with Gasteiger partial charge >= 0.3 is 0 Å². The van der Waals surface area contributed by atoms with E-state index in [1.807, 2.05) is 37.5 Å². The van der Waals surface area contributed by atoms with Gasteiger partial charge in [0.05, 0.1) is 18.1 Å². The molecule has 0 spiro atoms. The highest BCUT2D eigenvalue weighted by Gasteiger charge is 2.11. The molecule has 3 rings (SSSR count). The van der Waals surface area contributed by atoms with Gasteiger partial charge in [0.25, 0.3) is 0 Å². The van der Waals surface area contributed by atoms with Crippen LogP contribution in [0.15, 0.2) is 42.9 Å². The Labute approximate surface area is 126 Å². The normalized spacial score (nSPS) is 10.8. The lowest BCUT2D eigenvalue weighted by Crippen LogP contribution is -1.92. The summed E-state index contributed by atoms with van der Waals surface area (Å²) in [5, 5.41) is 5.16. The second-order valence-electron chi connectivity index (χ2n) is 4.30. The zero-order chi connectivity index (χ0) is 14.1. The molecular weight excluding hydrogens is 295 g/mol. The SMILES string of the molecule is Cn1cc(-c2nc(-c3ccc(Cl)cc3)cnc2Cl)cn1. The Kier molecular flexibility index (Phi) is 3.42. The van der Waals surface area contributed by atoms with E-state index in [9.17, 15) is 0 Å². The number of hydrogen-bond donors (Lipinski definition) is 0. The number of halogens is 2. The molecule has 0 aliphatic carbocycles. The fourth-order valence-corrected chi connectivity index (χ4v) is 2.19. The molecule has 20 heavy (non-hydrogen) atoms. The highest BCUT2D eigenvalue weighted by Crippen LogP contribution is 2.27. The van der Waals surface area contributed by atoms with Gasteiger partial charge in [-0.15, -0.1) is 0 Å². The first-order valence-electron chi connectivity index (χ1n) is 5.91. The van der Waals surface area contributed by atoms with E-state index in [0.29, 0.717) is 15.9 Å². The molecule has 0 aliphatic heterocycles.